The highest BCUT2D eigenvalue weighted by atomic mass is 16.5. The van der Waals surface area contributed by atoms with E-state index in [0.29, 0.717) is 5.52 Å². The van der Waals surface area contributed by atoms with Crippen molar-refractivity contribution >= 4 is 22.3 Å². The Hall–Kier alpha value is -2.83. The van der Waals surface area contributed by atoms with Crippen molar-refractivity contribution < 1.29 is 9.53 Å². The summed E-state index contributed by atoms with van der Waals surface area (Å²) in [5.74, 6) is -0.204. The second-order valence-corrected chi connectivity index (χ2v) is 5.72. The fourth-order valence-electron chi connectivity index (χ4n) is 2.72. The summed E-state index contributed by atoms with van der Waals surface area (Å²) < 4.78 is 8.16. The van der Waals surface area contributed by atoms with Crippen LogP contribution in [0.5, 0.6) is 6.01 Å². The molecule has 0 aliphatic heterocycles. The van der Waals surface area contributed by atoms with E-state index in [0.717, 1.165) is 28.4 Å². The molecule has 0 radical (unpaired) electrons. The largest absolute Gasteiger partial charge is 0.467 e. The zero-order valence-corrected chi connectivity index (χ0v) is 12.7. The molecular formula is C16H16N4O3. The number of rotatable bonds is 4. The van der Waals surface area contributed by atoms with Gasteiger partial charge in [0.05, 0.1) is 12.6 Å². The van der Waals surface area contributed by atoms with E-state index < -0.39 is 0 Å². The molecule has 0 atom stereocenters. The second-order valence-electron chi connectivity index (χ2n) is 5.72. The number of hydrogen-bond acceptors (Lipinski definition) is 4. The molecular weight excluding hydrogens is 296 g/mol. The van der Waals surface area contributed by atoms with Crippen LogP contribution in [0.15, 0.2) is 35.1 Å². The first-order chi connectivity index (χ1) is 11.2. The third kappa shape index (κ3) is 2.34. The molecule has 7 nitrogen and oxygen atoms in total. The number of ether oxygens (including phenoxy) is 1. The first kappa shape index (κ1) is 13.8. The molecule has 1 fully saturated rings. The number of amides is 1. The van der Waals surface area contributed by atoms with E-state index in [4.69, 9.17) is 4.74 Å². The molecule has 23 heavy (non-hydrogen) atoms. The number of fused-ring (bicyclic) bond motifs is 3. The van der Waals surface area contributed by atoms with Gasteiger partial charge in [-0.15, -0.1) is 5.10 Å². The minimum atomic E-state index is -0.312. The fraction of sp³-hybridized carbons (Fsp3) is 0.312. The van der Waals surface area contributed by atoms with Gasteiger partial charge in [0.1, 0.15) is 12.1 Å². The summed E-state index contributed by atoms with van der Waals surface area (Å²) in [6, 6.07) is 9.94. The van der Waals surface area contributed by atoms with Gasteiger partial charge in [-0.1, -0.05) is 18.2 Å². The Morgan fingerprint density at radius 3 is 2.87 bits per heavy atom. The summed E-state index contributed by atoms with van der Waals surface area (Å²) in [6.45, 7) is -0.107. The predicted molar refractivity (Wildman–Crippen MR) is 84.7 cm³/mol. The van der Waals surface area contributed by atoms with Crippen LogP contribution >= 0.6 is 0 Å². The lowest BCUT2D eigenvalue weighted by Crippen LogP contribution is -2.35. The maximum Gasteiger partial charge on any atom is 0.318 e. The standard InChI is InChI=1S/C16H16N4O3/c1-23-16-18-19(9-14(21)17-11-6-7-11)15(22)13-8-10-4-2-3-5-12(10)20(13)16/h2-5,8,11H,6-7,9H2,1H3,(H,17,21). The summed E-state index contributed by atoms with van der Waals surface area (Å²) in [6.07, 6.45) is 2.00. The fourth-order valence-corrected chi connectivity index (χ4v) is 2.72. The summed E-state index contributed by atoms with van der Waals surface area (Å²) >= 11 is 0. The Labute approximate surface area is 131 Å². The SMILES string of the molecule is COc1nn(CC(=O)NC2CC2)c(=O)c2cc3ccccc3n12. The molecule has 0 bridgehead atoms. The van der Waals surface area contributed by atoms with Crippen LogP contribution in [0.25, 0.3) is 16.4 Å². The van der Waals surface area contributed by atoms with E-state index in [1.165, 1.54) is 7.11 Å². The van der Waals surface area contributed by atoms with E-state index in [2.05, 4.69) is 10.4 Å². The summed E-state index contributed by atoms with van der Waals surface area (Å²) in [4.78, 5) is 24.6. The number of nitrogens with one attached hydrogen (secondary N) is 1. The van der Waals surface area contributed by atoms with E-state index in [-0.39, 0.29) is 30.1 Å². The van der Waals surface area contributed by atoms with Gasteiger partial charge in [-0.3, -0.25) is 14.0 Å². The molecule has 3 aromatic rings. The molecule has 1 aliphatic rings. The molecule has 0 saturated heterocycles. The third-order valence-corrected chi connectivity index (χ3v) is 3.98. The molecule has 1 aromatic carbocycles. The van der Waals surface area contributed by atoms with Gasteiger partial charge >= 0.3 is 6.01 Å². The van der Waals surface area contributed by atoms with Crippen LogP contribution in [-0.2, 0) is 11.3 Å². The Bertz CT molecular complexity index is 969. The lowest BCUT2D eigenvalue weighted by atomic mass is 10.2. The van der Waals surface area contributed by atoms with Crippen molar-refractivity contribution in [2.75, 3.05) is 7.11 Å². The van der Waals surface area contributed by atoms with Gasteiger partial charge in [0.2, 0.25) is 5.91 Å². The van der Waals surface area contributed by atoms with Crippen molar-refractivity contribution in [2.24, 2.45) is 0 Å². The zero-order chi connectivity index (χ0) is 16.0. The molecule has 2 aromatic heterocycles. The number of carbonyl (C=O) groups excluding carboxylic acids is 1. The molecule has 4 rings (SSSR count). The minimum Gasteiger partial charge on any atom is -0.467 e. The highest BCUT2D eigenvalue weighted by Gasteiger charge is 2.24. The van der Waals surface area contributed by atoms with Crippen LogP contribution in [0, 0.1) is 0 Å². The smallest absolute Gasteiger partial charge is 0.318 e. The van der Waals surface area contributed by atoms with Crippen LogP contribution in [0.3, 0.4) is 0 Å². The highest BCUT2D eigenvalue weighted by Crippen LogP contribution is 2.22. The Kier molecular flexibility index (Phi) is 3.07. The van der Waals surface area contributed by atoms with Gasteiger partial charge < -0.3 is 10.1 Å². The maximum atomic E-state index is 12.6. The van der Waals surface area contributed by atoms with Crippen LogP contribution in [0.1, 0.15) is 12.8 Å². The summed E-state index contributed by atoms with van der Waals surface area (Å²) in [5.41, 5.74) is 0.976. The Morgan fingerprint density at radius 1 is 1.35 bits per heavy atom. The van der Waals surface area contributed by atoms with E-state index in [9.17, 15) is 9.59 Å². The first-order valence-electron chi connectivity index (χ1n) is 7.52. The molecule has 1 N–H and O–H groups in total. The summed E-state index contributed by atoms with van der Waals surface area (Å²) in [5, 5.41) is 7.97. The van der Waals surface area contributed by atoms with Crippen molar-refractivity contribution in [3.05, 3.63) is 40.7 Å². The van der Waals surface area contributed by atoms with Crippen LogP contribution in [0.4, 0.5) is 0 Å². The number of nitrogens with zero attached hydrogens (tertiary/aromatic N) is 3. The third-order valence-electron chi connectivity index (χ3n) is 3.98. The molecule has 118 valence electrons. The molecule has 1 aliphatic carbocycles. The normalized spacial score (nSPS) is 14.3. The number of hydrogen-bond donors (Lipinski definition) is 1. The number of para-hydroxylation sites is 1. The molecule has 1 saturated carbocycles. The lowest BCUT2D eigenvalue weighted by Gasteiger charge is -2.09. The highest BCUT2D eigenvalue weighted by molar-refractivity contribution is 5.87. The van der Waals surface area contributed by atoms with Crippen LogP contribution < -0.4 is 15.6 Å². The van der Waals surface area contributed by atoms with E-state index in [1.54, 1.807) is 10.5 Å². The van der Waals surface area contributed by atoms with Gasteiger partial charge in [0.15, 0.2) is 0 Å². The van der Waals surface area contributed by atoms with Crippen LogP contribution in [0.2, 0.25) is 0 Å². The molecule has 1 amide bonds. The molecule has 2 heterocycles. The van der Waals surface area contributed by atoms with Crippen molar-refractivity contribution in [1.29, 1.82) is 0 Å². The van der Waals surface area contributed by atoms with E-state index >= 15 is 0 Å². The minimum absolute atomic E-state index is 0.107. The Balaban J connectivity index is 1.85. The summed E-state index contributed by atoms with van der Waals surface area (Å²) in [7, 11) is 1.50. The van der Waals surface area contributed by atoms with Gasteiger partial charge in [-0.25, -0.2) is 4.68 Å². The average Bonchev–Trinajstić information content (AvgIpc) is 3.27. The molecule has 0 spiro atoms. The number of carbonyl (C=O) groups is 1. The second kappa shape index (κ2) is 5.12. The zero-order valence-electron chi connectivity index (χ0n) is 12.7. The monoisotopic (exact) mass is 312 g/mol. The average molecular weight is 312 g/mol. The van der Waals surface area contributed by atoms with Crippen LogP contribution in [-0.4, -0.2) is 33.2 Å². The van der Waals surface area contributed by atoms with Gasteiger partial charge in [0.25, 0.3) is 5.56 Å². The topological polar surface area (TPSA) is 77.6 Å². The van der Waals surface area contributed by atoms with Gasteiger partial charge in [0, 0.05) is 11.4 Å². The van der Waals surface area contributed by atoms with Crippen molar-refractivity contribution in [3.63, 3.8) is 0 Å². The number of methoxy groups -OCH3 is 1. The maximum absolute atomic E-state index is 12.6. The van der Waals surface area contributed by atoms with E-state index in [1.807, 2.05) is 24.3 Å². The van der Waals surface area contributed by atoms with Crippen molar-refractivity contribution in [2.45, 2.75) is 25.4 Å². The lowest BCUT2D eigenvalue weighted by molar-refractivity contribution is -0.122. The molecule has 0 unspecified atom stereocenters. The van der Waals surface area contributed by atoms with Gasteiger partial charge in [-0.05, 0) is 25.0 Å². The predicted octanol–water partition coefficient (Wildman–Crippen LogP) is 0.936. The number of aromatic nitrogens is 3. The van der Waals surface area contributed by atoms with Crippen molar-refractivity contribution in [3.8, 4) is 6.01 Å². The van der Waals surface area contributed by atoms with Crippen molar-refractivity contribution in [1.82, 2.24) is 19.5 Å². The van der Waals surface area contributed by atoms with Gasteiger partial charge in [-0.2, -0.15) is 0 Å². The molecule has 7 heteroatoms. The quantitative estimate of drug-likeness (QED) is 0.777. The Morgan fingerprint density at radius 2 is 2.13 bits per heavy atom. The number of benzene rings is 1. The first-order valence-corrected chi connectivity index (χ1v) is 7.52.